The molecule has 2 heterocycles. The lowest BCUT2D eigenvalue weighted by Gasteiger charge is -2.25. The first-order chi connectivity index (χ1) is 10.2. The lowest BCUT2D eigenvalue weighted by Crippen LogP contribution is -2.38. The van der Waals surface area contributed by atoms with Crippen LogP contribution in [0.2, 0.25) is 0 Å². The van der Waals surface area contributed by atoms with Crippen LogP contribution in [-0.4, -0.2) is 53.7 Å². The van der Waals surface area contributed by atoms with E-state index in [1.807, 2.05) is 7.05 Å². The molecule has 1 aliphatic carbocycles. The van der Waals surface area contributed by atoms with E-state index in [1.165, 1.54) is 0 Å². The van der Waals surface area contributed by atoms with E-state index < -0.39 is 0 Å². The first kappa shape index (κ1) is 14.5. The molecule has 7 nitrogen and oxygen atoms in total. The molecule has 1 aromatic heterocycles. The molecule has 1 unspecified atom stereocenters. The van der Waals surface area contributed by atoms with Gasteiger partial charge in [-0.15, -0.1) is 5.10 Å². The van der Waals surface area contributed by atoms with Gasteiger partial charge in [-0.25, -0.2) is 0 Å². The minimum Gasteiger partial charge on any atom is -0.408 e. The Bertz CT molecular complexity index is 477. The van der Waals surface area contributed by atoms with Crippen LogP contribution in [0, 0.1) is 0 Å². The van der Waals surface area contributed by atoms with Crippen LogP contribution < -0.4 is 10.6 Å². The largest absolute Gasteiger partial charge is 0.408 e. The van der Waals surface area contributed by atoms with Crippen LogP contribution in [0.4, 0.5) is 6.01 Å². The van der Waals surface area contributed by atoms with Gasteiger partial charge in [-0.05, 0) is 52.2 Å². The zero-order valence-electron chi connectivity index (χ0n) is 12.5. The van der Waals surface area contributed by atoms with E-state index in [2.05, 4.69) is 25.7 Å². The molecule has 0 aromatic carbocycles. The van der Waals surface area contributed by atoms with Crippen molar-refractivity contribution in [3.8, 4) is 0 Å². The third kappa shape index (κ3) is 4.01. The number of anilines is 1. The number of carbonyl (C=O) groups excluding carboxylic acids is 1. The van der Waals surface area contributed by atoms with Crippen LogP contribution in [0.1, 0.15) is 43.9 Å². The van der Waals surface area contributed by atoms with Gasteiger partial charge in [0.25, 0.3) is 0 Å². The molecule has 1 saturated carbocycles. The molecule has 3 rings (SSSR count). The first-order valence-corrected chi connectivity index (χ1v) is 7.76. The maximum absolute atomic E-state index is 12.1. The van der Waals surface area contributed by atoms with Gasteiger partial charge in [0.05, 0.1) is 6.54 Å². The van der Waals surface area contributed by atoms with E-state index in [4.69, 9.17) is 4.42 Å². The molecule has 116 valence electrons. The quantitative estimate of drug-likeness (QED) is 0.841. The summed E-state index contributed by atoms with van der Waals surface area (Å²) in [7, 11) is 2.00. The predicted octanol–water partition coefficient (Wildman–Crippen LogP) is 0.959. The predicted molar refractivity (Wildman–Crippen MR) is 78.0 cm³/mol. The fourth-order valence-corrected chi connectivity index (χ4v) is 2.74. The molecule has 21 heavy (non-hydrogen) atoms. The van der Waals surface area contributed by atoms with E-state index in [0.29, 0.717) is 24.4 Å². The van der Waals surface area contributed by atoms with Crippen LogP contribution >= 0.6 is 0 Å². The smallest absolute Gasteiger partial charge is 0.322 e. The molecule has 1 amide bonds. The second-order valence-corrected chi connectivity index (χ2v) is 6.02. The summed E-state index contributed by atoms with van der Waals surface area (Å²) in [5, 5.41) is 13.9. The van der Waals surface area contributed by atoms with Gasteiger partial charge in [0.2, 0.25) is 11.8 Å². The number of aromatic nitrogens is 2. The number of carbonyl (C=O) groups is 1. The number of nitrogens with one attached hydrogen (secondary N) is 2. The fraction of sp³-hybridized carbons (Fsp3) is 0.786. The first-order valence-electron chi connectivity index (χ1n) is 7.76. The second kappa shape index (κ2) is 6.53. The van der Waals surface area contributed by atoms with Gasteiger partial charge in [0.1, 0.15) is 0 Å². The van der Waals surface area contributed by atoms with Crippen molar-refractivity contribution in [2.75, 3.05) is 32.0 Å². The molecule has 2 fully saturated rings. The molecule has 1 saturated heterocycles. The Morgan fingerprint density at radius 3 is 3.00 bits per heavy atom. The van der Waals surface area contributed by atoms with Crippen molar-refractivity contribution in [3.63, 3.8) is 0 Å². The van der Waals surface area contributed by atoms with Crippen molar-refractivity contribution < 1.29 is 9.21 Å². The van der Waals surface area contributed by atoms with Crippen molar-refractivity contribution in [1.29, 1.82) is 0 Å². The average Bonchev–Trinajstić information content (AvgIpc) is 3.25. The Morgan fingerprint density at radius 2 is 2.19 bits per heavy atom. The SMILES string of the molecule is CN(CC(=O)Nc1nnc(C2CC2)o1)C1CCCNCC1. The van der Waals surface area contributed by atoms with Crippen LogP contribution in [0.5, 0.6) is 0 Å². The molecule has 2 N–H and O–H groups in total. The minimum absolute atomic E-state index is 0.0966. The normalized spacial score (nSPS) is 23.0. The number of nitrogens with zero attached hydrogens (tertiary/aromatic N) is 3. The number of rotatable bonds is 5. The van der Waals surface area contributed by atoms with Gasteiger partial charge in [-0.1, -0.05) is 5.10 Å². The Hall–Kier alpha value is -1.47. The molecule has 1 atom stereocenters. The average molecular weight is 293 g/mol. The molecule has 7 heteroatoms. The summed E-state index contributed by atoms with van der Waals surface area (Å²) in [4.78, 5) is 14.2. The molecule has 0 spiro atoms. The van der Waals surface area contributed by atoms with Gasteiger partial charge < -0.3 is 9.73 Å². The number of hydrogen-bond donors (Lipinski definition) is 2. The summed E-state index contributed by atoms with van der Waals surface area (Å²) >= 11 is 0. The highest BCUT2D eigenvalue weighted by molar-refractivity contribution is 5.90. The Kier molecular flexibility index (Phi) is 4.50. The highest BCUT2D eigenvalue weighted by Gasteiger charge is 2.29. The Labute approximate surface area is 124 Å². The van der Waals surface area contributed by atoms with Crippen LogP contribution in [0.3, 0.4) is 0 Å². The summed E-state index contributed by atoms with van der Waals surface area (Å²) < 4.78 is 5.44. The zero-order chi connectivity index (χ0) is 14.7. The van der Waals surface area contributed by atoms with Gasteiger partial charge in [-0.3, -0.25) is 15.0 Å². The van der Waals surface area contributed by atoms with Gasteiger partial charge >= 0.3 is 6.01 Å². The van der Waals surface area contributed by atoms with Crippen molar-refractivity contribution in [2.24, 2.45) is 0 Å². The summed E-state index contributed by atoms with van der Waals surface area (Å²) in [6, 6.07) is 0.674. The topological polar surface area (TPSA) is 83.3 Å². The Morgan fingerprint density at radius 1 is 1.33 bits per heavy atom. The number of likely N-dealkylation sites (N-methyl/N-ethyl adjacent to an activating group) is 1. The highest BCUT2D eigenvalue weighted by atomic mass is 16.4. The lowest BCUT2D eigenvalue weighted by molar-refractivity contribution is -0.117. The second-order valence-electron chi connectivity index (χ2n) is 6.02. The van der Waals surface area contributed by atoms with Crippen molar-refractivity contribution in [2.45, 2.75) is 44.1 Å². The van der Waals surface area contributed by atoms with Crippen molar-refractivity contribution >= 4 is 11.9 Å². The number of amides is 1. The monoisotopic (exact) mass is 293 g/mol. The van der Waals surface area contributed by atoms with Crippen molar-refractivity contribution in [3.05, 3.63) is 5.89 Å². The maximum Gasteiger partial charge on any atom is 0.322 e. The highest BCUT2D eigenvalue weighted by Crippen LogP contribution is 2.39. The summed E-state index contributed by atoms with van der Waals surface area (Å²) in [5.41, 5.74) is 0. The van der Waals surface area contributed by atoms with E-state index in [9.17, 15) is 4.79 Å². The molecule has 1 aliphatic heterocycles. The molecule has 2 aliphatic rings. The molecule has 0 radical (unpaired) electrons. The van der Waals surface area contributed by atoms with Crippen LogP contribution in [-0.2, 0) is 4.79 Å². The summed E-state index contributed by atoms with van der Waals surface area (Å²) in [6.45, 7) is 2.44. The summed E-state index contributed by atoms with van der Waals surface area (Å²) in [5.74, 6) is 0.957. The standard InChI is InChI=1S/C14H23N5O2/c1-19(11-3-2-7-15-8-6-11)9-12(20)16-14-18-17-13(21-14)10-4-5-10/h10-11,15H,2-9H2,1H3,(H,16,18,20). The maximum atomic E-state index is 12.1. The molecular weight excluding hydrogens is 270 g/mol. The minimum atomic E-state index is -0.0966. The van der Waals surface area contributed by atoms with E-state index in [-0.39, 0.29) is 11.9 Å². The van der Waals surface area contributed by atoms with E-state index in [1.54, 1.807) is 0 Å². The molecule has 1 aromatic rings. The third-order valence-corrected chi connectivity index (χ3v) is 4.18. The molecule has 0 bridgehead atoms. The molecular formula is C14H23N5O2. The van der Waals surface area contributed by atoms with Gasteiger partial charge in [-0.2, -0.15) is 0 Å². The zero-order valence-corrected chi connectivity index (χ0v) is 12.5. The third-order valence-electron chi connectivity index (χ3n) is 4.18. The number of hydrogen-bond acceptors (Lipinski definition) is 6. The van der Waals surface area contributed by atoms with Gasteiger partial charge in [0.15, 0.2) is 0 Å². The van der Waals surface area contributed by atoms with Crippen molar-refractivity contribution in [1.82, 2.24) is 20.4 Å². The van der Waals surface area contributed by atoms with E-state index in [0.717, 1.165) is 45.2 Å². The fourth-order valence-electron chi connectivity index (χ4n) is 2.74. The van der Waals surface area contributed by atoms with Crippen LogP contribution in [0.15, 0.2) is 4.42 Å². The van der Waals surface area contributed by atoms with E-state index >= 15 is 0 Å². The lowest BCUT2D eigenvalue weighted by atomic mass is 10.1. The summed E-state index contributed by atoms with van der Waals surface area (Å²) in [6.07, 6.45) is 5.58. The van der Waals surface area contributed by atoms with Gasteiger partial charge in [0, 0.05) is 12.0 Å². The Balaban J connectivity index is 1.47. The van der Waals surface area contributed by atoms with Crippen LogP contribution in [0.25, 0.3) is 0 Å².